The summed E-state index contributed by atoms with van der Waals surface area (Å²) in [6.45, 7) is 0. The SMILES string of the molecule is COc1ccc(Nc2nc(N)nc(CSc3nnc(-c4ccncc4)n3-c3ccccc3)n2)cc1. The van der Waals surface area contributed by atoms with E-state index in [0.29, 0.717) is 22.7 Å². The van der Waals surface area contributed by atoms with E-state index in [0.717, 1.165) is 28.5 Å². The van der Waals surface area contributed by atoms with E-state index in [9.17, 15) is 0 Å². The molecule has 3 N–H and O–H groups in total. The van der Waals surface area contributed by atoms with Crippen LogP contribution in [0, 0.1) is 0 Å². The van der Waals surface area contributed by atoms with E-state index < -0.39 is 0 Å². The van der Waals surface area contributed by atoms with E-state index in [2.05, 4.69) is 35.5 Å². The summed E-state index contributed by atoms with van der Waals surface area (Å²) in [4.78, 5) is 17.1. The molecular weight excluding hydrogens is 462 g/mol. The fraction of sp³-hybridized carbons (Fsp3) is 0.0833. The normalized spacial score (nSPS) is 10.8. The summed E-state index contributed by atoms with van der Waals surface area (Å²) in [7, 11) is 1.62. The number of nitrogens with zero attached hydrogens (tertiary/aromatic N) is 7. The lowest BCUT2D eigenvalue weighted by Crippen LogP contribution is -2.07. The monoisotopic (exact) mass is 483 g/mol. The van der Waals surface area contributed by atoms with Gasteiger partial charge >= 0.3 is 0 Å². The van der Waals surface area contributed by atoms with Gasteiger partial charge in [0.05, 0.1) is 12.9 Å². The smallest absolute Gasteiger partial charge is 0.232 e. The molecule has 0 aliphatic rings. The molecule has 0 aliphatic carbocycles. The summed E-state index contributed by atoms with van der Waals surface area (Å²) in [6, 6.07) is 21.2. The van der Waals surface area contributed by atoms with Crippen LogP contribution in [-0.2, 0) is 5.75 Å². The number of aromatic nitrogens is 7. The fourth-order valence-electron chi connectivity index (χ4n) is 3.35. The van der Waals surface area contributed by atoms with Crippen molar-refractivity contribution in [3.8, 4) is 22.8 Å². The van der Waals surface area contributed by atoms with E-state index in [1.807, 2.05) is 71.3 Å². The minimum absolute atomic E-state index is 0.133. The van der Waals surface area contributed by atoms with Gasteiger partial charge in [-0.1, -0.05) is 30.0 Å². The van der Waals surface area contributed by atoms with Crippen LogP contribution in [0.1, 0.15) is 5.82 Å². The van der Waals surface area contributed by atoms with Crippen molar-refractivity contribution in [2.45, 2.75) is 10.9 Å². The molecule has 5 rings (SSSR count). The Hall–Kier alpha value is -4.51. The summed E-state index contributed by atoms with van der Waals surface area (Å²) in [5, 5.41) is 12.7. The molecular formula is C24H21N9OS. The van der Waals surface area contributed by atoms with Crippen LogP contribution in [0.15, 0.2) is 84.3 Å². The Morgan fingerprint density at radius 2 is 1.69 bits per heavy atom. The van der Waals surface area contributed by atoms with Crippen molar-refractivity contribution >= 4 is 29.3 Å². The standard InChI is InChI=1S/C24H21N9OS/c1-34-19-9-7-17(8-10-19)27-23-29-20(28-22(25)30-23)15-35-24-32-31-21(16-11-13-26-14-12-16)33(24)18-5-3-2-4-6-18/h2-14H,15H2,1H3,(H3,25,27,28,29,30). The van der Waals surface area contributed by atoms with E-state index in [-0.39, 0.29) is 5.95 Å². The molecule has 0 fully saturated rings. The van der Waals surface area contributed by atoms with Crippen molar-refractivity contribution in [3.63, 3.8) is 0 Å². The number of pyridine rings is 1. The third-order valence-corrected chi connectivity index (χ3v) is 5.89. The summed E-state index contributed by atoms with van der Waals surface area (Å²) in [5.74, 6) is 2.92. The average Bonchev–Trinajstić information content (AvgIpc) is 3.33. The van der Waals surface area contributed by atoms with E-state index in [4.69, 9.17) is 10.5 Å². The van der Waals surface area contributed by atoms with Crippen LogP contribution in [0.2, 0.25) is 0 Å². The molecule has 3 heterocycles. The van der Waals surface area contributed by atoms with Crippen LogP contribution in [0.3, 0.4) is 0 Å². The predicted octanol–water partition coefficient (Wildman–Crippen LogP) is 4.14. The number of methoxy groups -OCH3 is 1. The zero-order chi connectivity index (χ0) is 24.0. The van der Waals surface area contributed by atoms with Crippen molar-refractivity contribution in [3.05, 3.63) is 84.9 Å². The zero-order valence-electron chi connectivity index (χ0n) is 18.7. The van der Waals surface area contributed by atoms with Crippen molar-refractivity contribution in [2.75, 3.05) is 18.2 Å². The van der Waals surface area contributed by atoms with Crippen LogP contribution >= 0.6 is 11.8 Å². The predicted molar refractivity (Wildman–Crippen MR) is 135 cm³/mol. The molecule has 174 valence electrons. The second kappa shape index (κ2) is 10.2. The summed E-state index contributed by atoms with van der Waals surface area (Å²) in [6.07, 6.45) is 3.47. The van der Waals surface area contributed by atoms with E-state index in [1.165, 1.54) is 11.8 Å². The van der Waals surface area contributed by atoms with Gasteiger partial charge in [-0.2, -0.15) is 15.0 Å². The highest BCUT2D eigenvalue weighted by atomic mass is 32.2. The lowest BCUT2D eigenvalue weighted by molar-refractivity contribution is 0.415. The zero-order valence-corrected chi connectivity index (χ0v) is 19.6. The Morgan fingerprint density at radius 3 is 2.43 bits per heavy atom. The quantitative estimate of drug-likeness (QED) is 0.311. The summed E-state index contributed by atoms with van der Waals surface area (Å²) < 4.78 is 7.20. The Bertz CT molecular complexity index is 1410. The van der Waals surface area contributed by atoms with E-state index in [1.54, 1.807) is 19.5 Å². The molecule has 0 spiro atoms. The molecule has 0 aliphatic heterocycles. The molecule has 35 heavy (non-hydrogen) atoms. The number of anilines is 3. The van der Waals surface area contributed by atoms with Crippen molar-refractivity contribution < 1.29 is 4.74 Å². The highest BCUT2D eigenvalue weighted by molar-refractivity contribution is 7.98. The van der Waals surface area contributed by atoms with Gasteiger partial charge in [0.2, 0.25) is 11.9 Å². The molecule has 0 atom stereocenters. The van der Waals surface area contributed by atoms with Crippen LogP contribution in [0.4, 0.5) is 17.6 Å². The Labute approximate surface area is 205 Å². The topological polar surface area (TPSA) is 130 Å². The second-order valence-corrected chi connectivity index (χ2v) is 8.23. The number of hydrogen-bond acceptors (Lipinski definition) is 10. The van der Waals surface area contributed by atoms with Gasteiger partial charge in [-0.25, -0.2) is 0 Å². The van der Waals surface area contributed by atoms with Gasteiger partial charge in [-0.15, -0.1) is 10.2 Å². The number of hydrogen-bond donors (Lipinski definition) is 2. The van der Waals surface area contributed by atoms with Crippen molar-refractivity contribution in [1.82, 2.24) is 34.7 Å². The number of para-hydroxylation sites is 1. The lowest BCUT2D eigenvalue weighted by Gasteiger charge is -2.10. The number of benzene rings is 2. The van der Waals surface area contributed by atoms with Crippen LogP contribution < -0.4 is 15.8 Å². The number of thioether (sulfide) groups is 1. The first-order valence-corrected chi connectivity index (χ1v) is 11.6. The van der Waals surface area contributed by atoms with Crippen LogP contribution in [0.25, 0.3) is 17.1 Å². The largest absolute Gasteiger partial charge is 0.497 e. The number of nitrogen functional groups attached to an aromatic ring is 1. The van der Waals surface area contributed by atoms with Crippen LogP contribution in [0.5, 0.6) is 5.75 Å². The first-order chi connectivity index (χ1) is 17.2. The van der Waals surface area contributed by atoms with Gasteiger partial charge in [0, 0.05) is 29.3 Å². The lowest BCUT2D eigenvalue weighted by atomic mass is 10.2. The molecule has 0 saturated heterocycles. The summed E-state index contributed by atoms with van der Waals surface area (Å²) >= 11 is 1.46. The summed E-state index contributed by atoms with van der Waals surface area (Å²) in [5.41, 5.74) is 8.63. The second-order valence-electron chi connectivity index (χ2n) is 7.29. The van der Waals surface area contributed by atoms with Gasteiger partial charge in [-0.3, -0.25) is 9.55 Å². The molecule has 10 nitrogen and oxygen atoms in total. The van der Waals surface area contributed by atoms with Gasteiger partial charge in [0.15, 0.2) is 11.0 Å². The van der Waals surface area contributed by atoms with Crippen molar-refractivity contribution in [2.24, 2.45) is 0 Å². The Balaban J connectivity index is 1.40. The molecule has 3 aromatic heterocycles. The van der Waals surface area contributed by atoms with Crippen molar-refractivity contribution in [1.29, 1.82) is 0 Å². The third kappa shape index (κ3) is 5.20. The maximum Gasteiger partial charge on any atom is 0.232 e. The van der Waals surface area contributed by atoms with Gasteiger partial charge in [0.1, 0.15) is 11.6 Å². The van der Waals surface area contributed by atoms with Gasteiger partial charge in [0.25, 0.3) is 0 Å². The molecule has 11 heteroatoms. The Morgan fingerprint density at radius 1 is 0.914 bits per heavy atom. The number of rotatable bonds is 8. The Kier molecular flexibility index (Phi) is 6.48. The number of nitrogens with one attached hydrogen (secondary N) is 1. The van der Waals surface area contributed by atoms with Crippen LogP contribution in [-0.4, -0.2) is 41.8 Å². The third-order valence-electron chi connectivity index (χ3n) is 4.96. The molecule has 0 amide bonds. The molecule has 0 radical (unpaired) electrons. The first-order valence-electron chi connectivity index (χ1n) is 10.6. The van der Waals surface area contributed by atoms with E-state index >= 15 is 0 Å². The van der Waals surface area contributed by atoms with Gasteiger partial charge in [-0.05, 0) is 48.5 Å². The minimum atomic E-state index is 0.133. The minimum Gasteiger partial charge on any atom is -0.497 e. The highest BCUT2D eigenvalue weighted by Gasteiger charge is 2.17. The number of nitrogens with two attached hydrogens (primary N) is 1. The molecule has 0 saturated carbocycles. The first kappa shape index (κ1) is 22.3. The maximum atomic E-state index is 5.96. The molecule has 5 aromatic rings. The van der Waals surface area contributed by atoms with Gasteiger partial charge < -0.3 is 15.8 Å². The molecule has 0 unspecified atom stereocenters. The number of ether oxygens (including phenoxy) is 1. The molecule has 0 bridgehead atoms. The average molecular weight is 484 g/mol. The fourth-order valence-corrected chi connectivity index (χ4v) is 4.16. The molecule has 2 aromatic carbocycles. The maximum absolute atomic E-state index is 5.96. The highest BCUT2D eigenvalue weighted by Crippen LogP contribution is 2.29.